The maximum absolute atomic E-state index is 12.7. The fourth-order valence-corrected chi connectivity index (χ4v) is 3.15. The van der Waals surface area contributed by atoms with Crippen LogP contribution in [0.5, 0.6) is 0 Å². The molecule has 1 saturated heterocycles. The summed E-state index contributed by atoms with van der Waals surface area (Å²) in [6.45, 7) is 11.9. The predicted octanol–water partition coefficient (Wildman–Crippen LogP) is 2.12. The third-order valence-electron chi connectivity index (χ3n) is 4.61. The van der Waals surface area contributed by atoms with E-state index in [9.17, 15) is 9.59 Å². The number of nitrogens with zero attached hydrogens (tertiary/aromatic N) is 4. The minimum absolute atomic E-state index is 0.0176. The molecule has 0 atom stereocenters. The van der Waals surface area contributed by atoms with Gasteiger partial charge in [0.1, 0.15) is 5.69 Å². The third-order valence-corrected chi connectivity index (χ3v) is 4.61. The summed E-state index contributed by atoms with van der Waals surface area (Å²) < 4.78 is 0. The van der Waals surface area contributed by atoms with Crippen molar-refractivity contribution >= 4 is 11.8 Å². The van der Waals surface area contributed by atoms with Crippen molar-refractivity contribution in [2.45, 2.75) is 33.6 Å². The van der Waals surface area contributed by atoms with Gasteiger partial charge in [-0.1, -0.05) is 20.8 Å². The number of piperazine rings is 1. The maximum Gasteiger partial charge on any atom is 0.272 e. The van der Waals surface area contributed by atoms with E-state index in [1.165, 1.54) is 0 Å². The molecule has 0 aromatic carbocycles. The Bertz CT molecular complexity index is 577. The Labute approximate surface area is 150 Å². The zero-order valence-electron chi connectivity index (χ0n) is 15.7. The van der Waals surface area contributed by atoms with Crippen LogP contribution in [-0.2, 0) is 0 Å². The molecule has 0 bridgehead atoms. The Morgan fingerprint density at radius 3 is 2.28 bits per heavy atom. The first-order valence-corrected chi connectivity index (χ1v) is 9.37. The first kappa shape index (κ1) is 19.4. The van der Waals surface area contributed by atoms with Crippen molar-refractivity contribution in [3.05, 3.63) is 29.6 Å². The average molecular weight is 346 g/mol. The summed E-state index contributed by atoms with van der Waals surface area (Å²) in [6, 6.07) is 3.35. The Balaban J connectivity index is 2.09. The summed E-state index contributed by atoms with van der Waals surface area (Å²) in [5.41, 5.74) is 0.913. The zero-order valence-corrected chi connectivity index (χ0v) is 15.7. The highest BCUT2D eigenvalue weighted by atomic mass is 16.2. The minimum atomic E-state index is -0.0806. The summed E-state index contributed by atoms with van der Waals surface area (Å²) >= 11 is 0. The molecular weight excluding hydrogens is 316 g/mol. The standard InChI is InChI=1S/C19H30N4O2/c1-4-9-22(10-5-2)18(24)16-7-8-20-17(15-16)19(25)23-13-11-21(6-3)12-14-23/h7-8,15H,4-6,9-14H2,1-3H3. The van der Waals surface area contributed by atoms with Gasteiger partial charge in [0.15, 0.2) is 0 Å². The molecule has 0 saturated carbocycles. The van der Waals surface area contributed by atoms with Crippen LogP contribution in [0.1, 0.15) is 54.5 Å². The van der Waals surface area contributed by atoms with Gasteiger partial charge in [-0.25, -0.2) is 0 Å². The van der Waals surface area contributed by atoms with Gasteiger partial charge in [-0.3, -0.25) is 14.6 Å². The van der Waals surface area contributed by atoms with Crippen molar-refractivity contribution in [2.24, 2.45) is 0 Å². The topological polar surface area (TPSA) is 56.8 Å². The summed E-state index contributed by atoms with van der Waals surface area (Å²) in [4.78, 5) is 35.7. The van der Waals surface area contributed by atoms with Crippen LogP contribution in [0.3, 0.4) is 0 Å². The SMILES string of the molecule is CCCN(CCC)C(=O)c1ccnc(C(=O)N2CCN(CC)CC2)c1. The van der Waals surface area contributed by atoms with Gasteiger partial charge >= 0.3 is 0 Å². The fraction of sp³-hybridized carbons (Fsp3) is 0.632. The van der Waals surface area contributed by atoms with Gasteiger partial charge in [-0.2, -0.15) is 0 Å². The minimum Gasteiger partial charge on any atom is -0.339 e. The lowest BCUT2D eigenvalue weighted by Crippen LogP contribution is -2.48. The predicted molar refractivity (Wildman–Crippen MR) is 98.7 cm³/mol. The second-order valence-corrected chi connectivity index (χ2v) is 6.45. The second kappa shape index (κ2) is 9.51. The van der Waals surface area contributed by atoms with Crippen LogP contribution in [-0.4, -0.2) is 77.3 Å². The number of carbonyl (C=O) groups is 2. The molecular formula is C19H30N4O2. The number of amides is 2. The number of aromatic nitrogens is 1. The van der Waals surface area contributed by atoms with Gasteiger partial charge in [-0.15, -0.1) is 0 Å². The molecule has 1 aliphatic rings. The molecule has 2 rings (SSSR count). The maximum atomic E-state index is 12.7. The van der Waals surface area contributed by atoms with Crippen LogP contribution in [0.15, 0.2) is 18.3 Å². The first-order valence-electron chi connectivity index (χ1n) is 9.37. The molecule has 1 fully saturated rings. The highest BCUT2D eigenvalue weighted by Gasteiger charge is 2.23. The van der Waals surface area contributed by atoms with Gasteiger partial charge in [0, 0.05) is 51.0 Å². The van der Waals surface area contributed by atoms with Crippen LogP contribution in [0.25, 0.3) is 0 Å². The molecule has 0 unspecified atom stereocenters. The van der Waals surface area contributed by atoms with Crippen LogP contribution in [0.2, 0.25) is 0 Å². The van der Waals surface area contributed by atoms with Crippen molar-refractivity contribution in [2.75, 3.05) is 45.8 Å². The molecule has 0 N–H and O–H groups in total. The molecule has 6 nitrogen and oxygen atoms in total. The van der Waals surface area contributed by atoms with Crippen LogP contribution < -0.4 is 0 Å². The Kier molecular flexibility index (Phi) is 7.37. The van der Waals surface area contributed by atoms with Gasteiger partial charge in [0.25, 0.3) is 11.8 Å². The van der Waals surface area contributed by atoms with E-state index in [0.717, 1.165) is 45.6 Å². The van der Waals surface area contributed by atoms with Crippen molar-refractivity contribution in [1.29, 1.82) is 0 Å². The number of pyridine rings is 1. The molecule has 1 aliphatic heterocycles. The third kappa shape index (κ3) is 5.01. The molecule has 25 heavy (non-hydrogen) atoms. The number of hydrogen-bond acceptors (Lipinski definition) is 4. The summed E-state index contributed by atoms with van der Waals surface area (Å²) in [5.74, 6) is -0.0983. The summed E-state index contributed by atoms with van der Waals surface area (Å²) in [6.07, 6.45) is 3.41. The molecule has 1 aromatic rings. The lowest BCUT2D eigenvalue weighted by Gasteiger charge is -2.33. The number of likely N-dealkylation sites (N-methyl/N-ethyl adjacent to an activating group) is 1. The average Bonchev–Trinajstić information content (AvgIpc) is 2.67. The van der Waals surface area contributed by atoms with E-state index in [-0.39, 0.29) is 11.8 Å². The molecule has 0 radical (unpaired) electrons. The van der Waals surface area contributed by atoms with Crippen molar-refractivity contribution in [1.82, 2.24) is 19.7 Å². The number of hydrogen-bond donors (Lipinski definition) is 0. The van der Waals surface area contributed by atoms with E-state index in [4.69, 9.17) is 0 Å². The smallest absolute Gasteiger partial charge is 0.272 e. The van der Waals surface area contributed by atoms with Crippen molar-refractivity contribution < 1.29 is 9.59 Å². The number of carbonyl (C=O) groups excluding carboxylic acids is 2. The first-order chi connectivity index (χ1) is 12.1. The van der Waals surface area contributed by atoms with E-state index < -0.39 is 0 Å². The highest BCUT2D eigenvalue weighted by Crippen LogP contribution is 2.11. The highest BCUT2D eigenvalue weighted by molar-refractivity contribution is 5.98. The zero-order chi connectivity index (χ0) is 18.2. The molecule has 2 amide bonds. The van der Waals surface area contributed by atoms with Crippen LogP contribution in [0.4, 0.5) is 0 Å². The Hall–Kier alpha value is -1.95. The quantitative estimate of drug-likeness (QED) is 0.759. The van der Waals surface area contributed by atoms with Gasteiger partial charge < -0.3 is 14.7 Å². The van der Waals surface area contributed by atoms with Gasteiger partial charge in [0.2, 0.25) is 0 Å². The number of rotatable bonds is 7. The Morgan fingerprint density at radius 1 is 1.08 bits per heavy atom. The Morgan fingerprint density at radius 2 is 1.72 bits per heavy atom. The largest absolute Gasteiger partial charge is 0.339 e. The van der Waals surface area contributed by atoms with Gasteiger partial charge in [0.05, 0.1) is 0 Å². The van der Waals surface area contributed by atoms with Crippen LogP contribution in [0, 0.1) is 0 Å². The molecule has 0 aliphatic carbocycles. The summed E-state index contributed by atoms with van der Waals surface area (Å²) in [7, 11) is 0. The van der Waals surface area contributed by atoms with E-state index >= 15 is 0 Å². The van der Waals surface area contributed by atoms with E-state index in [2.05, 4.69) is 30.7 Å². The summed E-state index contributed by atoms with van der Waals surface area (Å²) in [5, 5.41) is 0. The fourth-order valence-electron chi connectivity index (χ4n) is 3.15. The molecule has 1 aromatic heterocycles. The van der Waals surface area contributed by atoms with E-state index in [1.807, 2.05) is 9.80 Å². The molecule has 6 heteroatoms. The lowest BCUT2D eigenvalue weighted by molar-refractivity contribution is 0.0637. The monoisotopic (exact) mass is 346 g/mol. The van der Waals surface area contributed by atoms with Crippen molar-refractivity contribution in [3.63, 3.8) is 0 Å². The normalized spacial score (nSPS) is 15.2. The van der Waals surface area contributed by atoms with Crippen molar-refractivity contribution in [3.8, 4) is 0 Å². The van der Waals surface area contributed by atoms with Crippen LogP contribution >= 0.6 is 0 Å². The van der Waals surface area contributed by atoms with E-state index in [0.29, 0.717) is 24.3 Å². The van der Waals surface area contributed by atoms with E-state index in [1.54, 1.807) is 18.3 Å². The lowest BCUT2D eigenvalue weighted by atomic mass is 10.1. The second-order valence-electron chi connectivity index (χ2n) is 6.45. The molecule has 2 heterocycles. The molecule has 138 valence electrons. The molecule has 0 spiro atoms. The van der Waals surface area contributed by atoms with Gasteiger partial charge in [-0.05, 0) is 31.5 Å².